The number of nitrogens with one attached hydrogen (secondary N) is 7. The van der Waals surface area contributed by atoms with E-state index < -0.39 is 11.7 Å². The van der Waals surface area contributed by atoms with Crippen LogP contribution in [0.2, 0.25) is 0 Å². The summed E-state index contributed by atoms with van der Waals surface area (Å²) in [7, 11) is 0. The van der Waals surface area contributed by atoms with Crippen LogP contribution in [-0.4, -0.2) is 108 Å². The summed E-state index contributed by atoms with van der Waals surface area (Å²) < 4.78 is 3.57. The van der Waals surface area contributed by atoms with Crippen LogP contribution in [0.4, 0.5) is 23.3 Å². The number of pyridine rings is 1. The van der Waals surface area contributed by atoms with Crippen molar-refractivity contribution in [1.29, 1.82) is 0 Å². The normalized spacial score (nSPS) is 21.3. The van der Waals surface area contributed by atoms with Gasteiger partial charge in [-0.3, -0.25) is 9.78 Å². The van der Waals surface area contributed by atoms with Gasteiger partial charge in [-0.25, -0.2) is 9.97 Å². The fourth-order valence-electron chi connectivity index (χ4n) is 8.57. The zero-order valence-corrected chi connectivity index (χ0v) is 34.6. The maximum Gasteiger partial charge on any atom is 0.228 e. The second kappa shape index (κ2) is 17.7. The number of aliphatic hydroxyl groups excluding tert-OH is 1. The van der Waals surface area contributed by atoms with Crippen molar-refractivity contribution in [2.45, 2.75) is 95.9 Å². The summed E-state index contributed by atoms with van der Waals surface area (Å²) in [6, 6.07) is 5.78. The molecular formula is C42H60N14O3. The van der Waals surface area contributed by atoms with Crippen LogP contribution in [0.3, 0.4) is 0 Å². The quantitative estimate of drug-likeness (QED) is 0.0785. The number of fused-ring (bicyclic) bond motifs is 2. The lowest BCUT2D eigenvalue weighted by Gasteiger charge is -2.35. The number of carbonyl (C=O) groups excluding carboxylic acids is 1. The monoisotopic (exact) mass is 808 g/mol. The molecule has 3 atom stereocenters. The first-order valence-corrected chi connectivity index (χ1v) is 21.3. The molecule has 9 N–H and O–H groups in total. The zero-order chi connectivity index (χ0) is 41.1. The van der Waals surface area contributed by atoms with Crippen molar-refractivity contribution in [3.8, 4) is 0 Å². The van der Waals surface area contributed by atoms with Crippen LogP contribution in [0.25, 0.3) is 11.3 Å². The lowest BCUT2D eigenvalue weighted by atomic mass is 9.86. The minimum atomic E-state index is -0.789. The van der Waals surface area contributed by atoms with Crippen molar-refractivity contribution >= 4 is 40.5 Å². The zero-order valence-electron chi connectivity index (χ0n) is 34.6. The molecule has 3 aliphatic rings. The Kier molecular flexibility index (Phi) is 12.3. The lowest BCUT2D eigenvalue weighted by molar-refractivity contribution is -0.120. The molecule has 3 saturated heterocycles. The number of hydrogen-bond donors (Lipinski definition) is 9. The lowest BCUT2D eigenvalue weighted by Crippen LogP contribution is -2.46. The minimum Gasteiger partial charge on any atom is -0.391 e. The first-order valence-electron chi connectivity index (χ1n) is 21.3. The summed E-state index contributed by atoms with van der Waals surface area (Å²) >= 11 is 0. The molecule has 0 spiro atoms. The molecule has 0 aliphatic carbocycles. The van der Waals surface area contributed by atoms with Gasteiger partial charge in [0.2, 0.25) is 5.91 Å². The largest absolute Gasteiger partial charge is 0.391 e. The highest BCUT2D eigenvalue weighted by atomic mass is 16.3. The van der Waals surface area contributed by atoms with E-state index in [0.717, 1.165) is 72.7 Å². The topological polar surface area (TPSA) is 215 Å². The highest BCUT2D eigenvalue weighted by Gasteiger charge is 2.32. The van der Waals surface area contributed by atoms with Gasteiger partial charge in [0.25, 0.3) is 0 Å². The summed E-state index contributed by atoms with van der Waals surface area (Å²) in [6.45, 7) is 13.5. The van der Waals surface area contributed by atoms with Crippen LogP contribution in [0.15, 0.2) is 43.0 Å². The number of aliphatic hydroxyl groups is 2. The summed E-state index contributed by atoms with van der Waals surface area (Å²) in [4.78, 5) is 27.7. The van der Waals surface area contributed by atoms with Gasteiger partial charge in [-0.15, -0.1) is 0 Å². The van der Waals surface area contributed by atoms with E-state index in [-0.39, 0.29) is 35.6 Å². The molecule has 0 saturated carbocycles. The Balaban J connectivity index is 0.978. The Morgan fingerprint density at radius 3 is 2.22 bits per heavy atom. The number of amides is 1. The van der Waals surface area contributed by atoms with E-state index in [1.807, 2.05) is 47.5 Å². The fourth-order valence-corrected chi connectivity index (χ4v) is 8.57. The SMILES string of the molecule is CC(C)c1cnn2c(NCc3ccncc3C3CC(CNc4cc(NC(=O)C5CCNCC5)n5ncc(C(C)C)c5n4)C(O)CN3)cc(NCC3(O)CCNCC3)nc12. The van der Waals surface area contributed by atoms with E-state index in [2.05, 4.69) is 75.0 Å². The third kappa shape index (κ3) is 9.13. The van der Waals surface area contributed by atoms with Crippen molar-refractivity contribution in [1.82, 2.24) is 50.1 Å². The van der Waals surface area contributed by atoms with Gasteiger partial charge in [0, 0.05) is 79.7 Å². The Morgan fingerprint density at radius 2 is 1.53 bits per heavy atom. The molecule has 8 heterocycles. The van der Waals surface area contributed by atoms with Crippen molar-refractivity contribution in [3.05, 3.63) is 65.2 Å². The second-order valence-corrected chi connectivity index (χ2v) is 17.2. The molecule has 5 aromatic rings. The summed E-state index contributed by atoms with van der Waals surface area (Å²) in [5, 5.41) is 55.7. The molecule has 59 heavy (non-hydrogen) atoms. The van der Waals surface area contributed by atoms with Crippen LogP contribution in [0.5, 0.6) is 0 Å². The highest BCUT2D eigenvalue weighted by molar-refractivity contribution is 5.92. The Hall–Kier alpha value is -4.94. The molecular weight excluding hydrogens is 749 g/mol. The van der Waals surface area contributed by atoms with E-state index in [0.29, 0.717) is 68.5 Å². The number of piperidine rings is 3. The molecule has 17 heteroatoms. The Morgan fingerprint density at radius 1 is 0.881 bits per heavy atom. The molecule has 0 bridgehead atoms. The van der Waals surface area contributed by atoms with E-state index in [4.69, 9.17) is 15.1 Å². The molecule has 0 radical (unpaired) electrons. The Labute approximate surface area is 345 Å². The van der Waals surface area contributed by atoms with Gasteiger partial charge in [-0.05, 0) is 87.3 Å². The molecule has 316 valence electrons. The molecule has 8 rings (SSSR count). The van der Waals surface area contributed by atoms with Crippen LogP contribution < -0.4 is 37.2 Å². The Bertz CT molecular complexity index is 2220. The third-order valence-corrected chi connectivity index (χ3v) is 12.3. The van der Waals surface area contributed by atoms with Crippen LogP contribution in [-0.2, 0) is 11.3 Å². The van der Waals surface area contributed by atoms with E-state index in [1.54, 1.807) is 4.52 Å². The van der Waals surface area contributed by atoms with E-state index in [1.165, 1.54) is 0 Å². The van der Waals surface area contributed by atoms with Gasteiger partial charge in [-0.1, -0.05) is 27.7 Å². The maximum atomic E-state index is 13.3. The van der Waals surface area contributed by atoms with Crippen molar-refractivity contribution in [2.24, 2.45) is 11.8 Å². The van der Waals surface area contributed by atoms with Gasteiger partial charge in [0.05, 0.1) is 24.1 Å². The number of carbonyl (C=O) groups is 1. The van der Waals surface area contributed by atoms with Gasteiger partial charge in [-0.2, -0.15) is 19.2 Å². The standard InChI is InChI=1S/C42H60N14O3/c1-25(2)30-21-50-55-37(16-36(53-39(30)55)49-24-42(59)8-13-44-14-9-42)48-18-28-7-12-45-20-32(28)33-15-29(34(57)23-46-33)19-47-35-17-38(54-41(58)27-5-10-43-11-6-27)56-40(52-35)31(22-51-56)26(3)4/h7,12,16-17,20-22,25-27,29,33-34,43-44,46,48,57,59H,5-6,8-11,13-15,18-19,23-24H2,1-4H3,(H,47,52)(H,49,53)(H,54,58). The van der Waals surface area contributed by atoms with Crippen LogP contribution in [0, 0.1) is 11.8 Å². The molecule has 1 amide bonds. The number of anilines is 4. The maximum absolute atomic E-state index is 13.3. The first-order chi connectivity index (χ1) is 28.5. The summed E-state index contributed by atoms with van der Waals surface area (Å²) in [5.74, 6) is 2.93. The van der Waals surface area contributed by atoms with Crippen molar-refractivity contribution in [2.75, 3.05) is 67.1 Å². The number of nitrogens with zero attached hydrogens (tertiary/aromatic N) is 7. The second-order valence-electron chi connectivity index (χ2n) is 17.2. The highest BCUT2D eigenvalue weighted by Crippen LogP contribution is 2.32. The predicted octanol–water partition coefficient (Wildman–Crippen LogP) is 3.61. The van der Waals surface area contributed by atoms with Crippen molar-refractivity contribution in [3.63, 3.8) is 0 Å². The first kappa shape index (κ1) is 40.8. The predicted molar refractivity (Wildman–Crippen MR) is 229 cm³/mol. The van der Waals surface area contributed by atoms with Crippen LogP contribution in [0.1, 0.15) is 99.9 Å². The van der Waals surface area contributed by atoms with Crippen molar-refractivity contribution < 1.29 is 15.0 Å². The van der Waals surface area contributed by atoms with Gasteiger partial charge in [0.1, 0.15) is 23.3 Å². The molecule has 17 nitrogen and oxygen atoms in total. The number of β-amino-alcohol motifs (C(OH)–C–C–N with tert-alkyl or cyclic N) is 1. The van der Waals surface area contributed by atoms with Gasteiger partial charge < -0.3 is 47.4 Å². The van der Waals surface area contributed by atoms with E-state index in [9.17, 15) is 15.0 Å². The molecule has 3 aliphatic heterocycles. The van der Waals surface area contributed by atoms with E-state index >= 15 is 0 Å². The molecule has 3 unspecified atom stereocenters. The fraction of sp³-hybridized carbons (Fsp3) is 0.571. The minimum absolute atomic E-state index is 0.00690. The summed E-state index contributed by atoms with van der Waals surface area (Å²) in [5.41, 5.74) is 4.85. The third-order valence-electron chi connectivity index (χ3n) is 12.3. The smallest absolute Gasteiger partial charge is 0.228 e. The molecule has 3 fully saturated rings. The van der Waals surface area contributed by atoms with Gasteiger partial charge in [0.15, 0.2) is 11.3 Å². The average molecular weight is 809 g/mol. The summed E-state index contributed by atoms with van der Waals surface area (Å²) in [6.07, 6.45) is 10.5. The molecule has 0 aromatic carbocycles. The van der Waals surface area contributed by atoms with Gasteiger partial charge >= 0.3 is 0 Å². The number of aromatic nitrogens is 7. The number of hydrogen-bond acceptors (Lipinski definition) is 14. The number of rotatable bonds is 14. The molecule has 5 aromatic heterocycles. The van der Waals surface area contributed by atoms with Crippen LogP contribution >= 0.6 is 0 Å². The average Bonchev–Trinajstić information content (AvgIpc) is 3.88.